The van der Waals surface area contributed by atoms with E-state index in [2.05, 4.69) is 168 Å². The molecule has 1 aromatic heterocycles. The predicted molar refractivity (Wildman–Crippen MR) is 166 cm³/mol. The van der Waals surface area contributed by atoms with Gasteiger partial charge in [0.1, 0.15) is 25.1 Å². The van der Waals surface area contributed by atoms with Gasteiger partial charge in [0, 0.05) is 6.42 Å². The number of hydrogen-bond donors (Lipinski definition) is 1. The van der Waals surface area contributed by atoms with E-state index < -0.39 is 6.15 Å². The number of rotatable bonds is 7. The van der Waals surface area contributed by atoms with Gasteiger partial charge in [-0.2, -0.15) is 21.9 Å². The Bertz CT molecular complexity index is 1370. The first kappa shape index (κ1) is 26.0. The SMILES string of the molecule is CCc1[nH]cc[n+]1Cc1ccccc1.c1ccc([B-](c2ccccc2)(c2ccccc2)c2ccccc2)cc1. The molecule has 6 aromatic rings. The van der Waals surface area contributed by atoms with E-state index in [-0.39, 0.29) is 0 Å². The zero-order chi connectivity index (χ0) is 26.8. The maximum absolute atomic E-state index is 3.24. The molecule has 0 saturated heterocycles. The number of imidazole rings is 1. The normalized spacial score (nSPS) is 10.9. The van der Waals surface area contributed by atoms with Gasteiger partial charge in [-0.05, 0) is 5.56 Å². The Labute approximate surface area is 232 Å². The predicted octanol–water partition coefficient (Wildman–Crippen LogP) is 4.98. The molecule has 192 valence electrons. The Morgan fingerprint density at radius 3 is 1.23 bits per heavy atom. The number of nitrogens with zero attached hydrogens (tertiary/aromatic N) is 1. The Morgan fingerprint density at radius 1 is 0.513 bits per heavy atom. The molecule has 0 spiro atoms. The molecule has 0 fully saturated rings. The Kier molecular flexibility index (Phi) is 8.50. The summed E-state index contributed by atoms with van der Waals surface area (Å²) in [6, 6.07) is 54.0. The summed E-state index contributed by atoms with van der Waals surface area (Å²) < 4.78 is 2.25. The third-order valence-corrected chi connectivity index (χ3v) is 7.58. The lowest BCUT2D eigenvalue weighted by Crippen LogP contribution is -2.74. The van der Waals surface area contributed by atoms with Crippen molar-refractivity contribution in [3.05, 3.63) is 175 Å². The molecule has 1 N–H and O–H groups in total. The first-order chi connectivity index (χ1) is 19.3. The smallest absolute Gasteiger partial charge is 0.248 e. The molecule has 5 aromatic carbocycles. The maximum atomic E-state index is 3.24. The van der Waals surface area contributed by atoms with Crippen molar-refractivity contribution in [3.63, 3.8) is 0 Å². The van der Waals surface area contributed by atoms with E-state index in [4.69, 9.17) is 0 Å². The minimum Gasteiger partial charge on any atom is -0.248 e. The molecule has 0 aliphatic heterocycles. The fraction of sp³-hybridized carbons (Fsp3) is 0.0833. The van der Waals surface area contributed by atoms with E-state index in [1.165, 1.54) is 33.2 Å². The summed E-state index contributed by atoms with van der Waals surface area (Å²) in [6.07, 6.45) is 3.90. The number of hydrogen-bond acceptors (Lipinski definition) is 0. The first-order valence-corrected chi connectivity index (χ1v) is 13.8. The summed E-state index contributed by atoms with van der Waals surface area (Å²) in [4.78, 5) is 3.24. The summed E-state index contributed by atoms with van der Waals surface area (Å²) >= 11 is 0. The van der Waals surface area contributed by atoms with Crippen LogP contribution in [0.3, 0.4) is 0 Å². The van der Waals surface area contributed by atoms with E-state index in [9.17, 15) is 0 Å². The van der Waals surface area contributed by atoms with Crippen molar-refractivity contribution >= 4 is 28.0 Å². The number of benzene rings is 5. The quantitative estimate of drug-likeness (QED) is 0.233. The maximum Gasteiger partial charge on any atom is 0.254 e. The fourth-order valence-corrected chi connectivity index (χ4v) is 5.75. The van der Waals surface area contributed by atoms with Crippen molar-refractivity contribution < 1.29 is 4.57 Å². The van der Waals surface area contributed by atoms with Crippen molar-refractivity contribution in [1.82, 2.24) is 4.98 Å². The van der Waals surface area contributed by atoms with E-state index in [1.807, 2.05) is 12.3 Å². The summed E-state index contributed by atoms with van der Waals surface area (Å²) in [5, 5.41) is 0. The second kappa shape index (κ2) is 12.8. The highest BCUT2D eigenvalue weighted by Crippen LogP contribution is 2.09. The second-order valence-corrected chi connectivity index (χ2v) is 9.88. The molecule has 39 heavy (non-hydrogen) atoms. The molecule has 3 heteroatoms. The van der Waals surface area contributed by atoms with Gasteiger partial charge < -0.3 is 0 Å². The lowest BCUT2D eigenvalue weighted by atomic mass is 9.13. The van der Waals surface area contributed by atoms with Crippen molar-refractivity contribution in [1.29, 1.82) is 0 Å². The number of nitrogens with one attached hydrogen (secondary N) is 1. The van der Waals surface area contributed by atoms with Gasteiger partial charge in [0.2, 0.25) is 0 Å². The second-order valence-electron chi connectivity index (χ2n) is 9.88. The van der Waals surface area contributed by atoms with Crippen LogP contribution in [-0.4, -0.2) is 11.1 Å². The standard InChI is InChI=1S/C24H20B.C12H14N2/c1-5-13-21(14-6-1)25(22-15-7-2-8-16-22,23-17-9-3-10-18-23)24-19-11-4-12-20-24;1-2-12-13-8-9-14(12)10-11-6-4-3-5-7-11/h1-20H;3-9H,2,10H2,1H3/q-1;/p+1. The molecular weight excluding hydrogens is 471 g/mol. The summed E-state index contributed by atoms with van der Waals surface area (Å²) in [6.45, 7) is 3.11. The Morgan fingerprint density at radius 2 is 0.872 bits per heavy atom. The van der Waals surface area contributed by atoms with Gasteiger partial charge in [-0.1, -0.05) is 159 Å². The van der Waals surface area contributed by atoms with Crippen LogP contribution in [0.2, 0.25) is 0 Å². The van der Waals surface area contributed by atoms with E-state index in [1.54, 1.807) is 0 Å². The molecule has 0 aliphatic carbocycles. The third kappa shape index (κ3) is 5.78. The van der Waals surface area contributed by atoms with E-state index >= 15 is 0 Å². The van der Waals surface area contributed by atoms with Crippen molar-refractivity contribution in [2.75, 3.05) is 0 Å². The minimum absolute atomic E-state index is 0.952. The molecule has 2 nitrogen and oxygen atoms in total. The summed E-state index contributed by atoms with van der Waals surface area (Å²) in [5.41, 5.74) is 6.70. The molecule has 0 unspecified atom stereocenters. The number of H-pyrrole nitrogens is 1. The van der Waals surface area contributed by atoms with Gasteiger partial charge in [-0.3, -0.25) is 0 Å². The highest BCUT2D eigenvalue weighted by molar-refractivity contribution is 7.19. The number of aryl methyl sites for hydroxylation is 1. The van der Waals surface area contributed by atoms with Crippen LogP contribution < -0.4 is 26.4 Å². The van der Waals surface area contributed by atoms with Crippen molar-refractivity contribution in [2.24, 2.45) is 0 Å². The molecular formula is C36H35BN2. The van der Waals surface area contributed by atoms with Gasteiger partial charge in [0.05, 0.1) is 0 Å². The van der Waals surface area contributed by atoms with Gasteiger partial charge in [-0.15, -0.1) is 0 Å². The molecule has 1 heterocycles. The average Bonchev–Trinajstić information content (AvgIpc) is 3.48. The zero-order valence-corrected chi connectivity index (χ0v) is 22.5. The Balaban J connectivity index is 0.000000186. The lowest BCUT2D eigenvalue weighted by molar-refractivity contribution is -0.694. The Hall–Kier alpha value is -4.63. The molecule has 6 rings (SSSR count). The van der Waals surface area contributed by atoms with Gasteiger partial charge >= 0.3 is 0 Å². The molecule has 0 radical (unpaired) electrons. The monoisotopic (exact) mass is 506 g/mol. The molecule has 0 saturated carbocycles. The third-order valence-electron chi connectivity index (χ3n) is 7.58. The molecule has 0 aliphatic rings. The van der Waals surface area contributed by atoms with Gasteiger partial charge in [-0.25, -0.2) is 9.55 Å². The number of aromatic nitrogens is 2. The van der Waals surface area contributed by atoms with Crippen molar-refractivity contribution in [2.45, 2.75) is 19.9 Å². The van der Waals surface area contributed by atoms with Crippen LogP contribution in [0.5, 0.6) is 0 Å². The van der Waals surface area contributed by atoms with Gasteiger partial charge in [0.25, 0.3) is 5.82 Å². The molecule has 0 atom stereocenters. The zero-order valence-electron chi connectivity index (χ0n) is 22.5. The van der Waals surface area contributed by atoms with Crippen LogP contribution in [0.4, 0.5) is 0 Å². The van der Waals surface area contributed by atoms with Crippen LogP contribution in [0.15, 0.2) is 164 Å². The van der Waals surface area contributed by atoms with Crippen LogP contribution in [0.1, 0.15) is 18.3 Å². The van der Waals surface area contributed by atoms with Gasteiger partial charge in [0.15, 0.2) is 0 Å². The van der Waals surface area contributed by atoms with Crippen LogP contribution in [-0.2, 0) is 13.0 Å². The highest BCUT2D eigenvalue weighted by atomic mass is 15.1. The fourth-order valence-electron chi connectivity index (χ4n) is 5.75. The summed E-state index contributed by atoms with van der Waals surface area (Å²) in [5.74, 6) is 1.27. The number of aromatic amines is 1. The first-order valence-electron chi connectivity index (χ1n) is 13.8. The average molecular weight is 507 g/mol. The topological polar surface area (TPSA) is 19.7 Å². The van der Waals surface area contributed by atoms with Crippen molar-refractivity contribution in [3.8, 4) is 0 Å². The van der Waals surface area contributed by atoms with E-state index in [0.717, 1.165) is 13.0 Å². The molecule has 0 bridgehead atoms. The van der Waals surface area contributed by atoms with E-state index in [0.29, 0.717) is 0 Å². The molecule has 0 amide bonds. The highest BCUT2D eigenvalue weighted by Gasteiger charge is 2.31. The van der Waals surface area contributed by atoms with Crippen LogP contribution >= 0.6 is 0 Å². The lowest BCUT2D eigenvalue weighted by Gasteiger charge is -2.44. The van der Waals surface area contributed by atoms with Crippen LogP contribution in [0.25, 0.3) is 0 Å². The van der Waals surface area contributed by atoms with Crippen LogP contribution in [0, 0.1) is 0 Å². The largest absolute Gasteiger partial charge is 0.254 e. The summed E-state index contributed by atoms with van der Waals surface area (Å²) in [7, 11) is 0. The minimum atomic E-state index is -1.22.